The van der Waals surface area contributed by atoms with E-state index in [4.69, 9.17) is 0 Å². The number of fused-ring (bicyclic) bond motifs is 12. The van der Waals surface area contributed by atoms with Gasteiger partial charge in [0.25, 0.3) is 0 Å². The Hall–Kier alpha value is -3.10. The third kappa shape index (κ3) is 5.85. The summed E-state index contributed by atoms with van der Waals surface area (Å²) >= 11 is 0. The lowest BCUT2D eigenvalue weighted by atomic mass is 9.61. The zero-order valence-corrected chi connectivity index (χ0v) is 31.5. The number of nitrogens with zero attached hydrogens (tertiary/aromatic N) is 2. The van der Waals surface area contributed by atoms with Gasteiger partial charge in [0.2, 0.25) is 11.8 Å². The Labute approximate surface area is 294 Å². The molecule has 2 aromatic rings. The number of hydrogen-bond acceptors (Lipinski definition) is 6. The summed E-state index contributed by atoms with van der Waals surface area (Å²) in [6, 6.07) is 9.45. The molecule has 7 rings (SSSR count). The highest BCUT2D eigenvalue weighted by Crippen LogP contribution is 2.57. The maximum atomic E-state index is 13.4. The van der Waals surface area contributed by atoms with Crippen molar-refractivity contribution in [3.8, 4) is 0 Å². The van der Waals surface area contributed by atoms with E-state index in [9.17, 15) is 19.8 Å². The van der Waals surface area contributed by atoms with E-state index in [-0.39, 0.29) is 46.8 Å². The van der Waals surface area contributed by atoms with Gasteiger partial charge in [0.15, 0.2) is 0 Å². The summed E-state index contributed by atoms with van der Waals surface area (Å²) in [6.45, 7) is 22.3. The molecule has 268 valence electrons. The highest BCUT2D eigenvalue weighted by atomic mass is 16.3. The predicted octanol–water partition coefficient (Wildman–Crippen LogP) is 7.70. The molecule has 0 radical (unpaired) electrons. The molecule has 49 heavy (non-hydrogen) atoms. The van der Waals surface area contributed by atoms with Crippen LogP contribution < -0.4 is 20.4 Å². The molecule has 2 atom stereocenters. The van der Waals surface area contributed by atoms with Gasteiger partial charge in [-0.1, -0.05) is 59.1 Å². The number of rotatable bonds is 2. The Morgan fingerprint density at radius 1 is 0.633 bits per heavy atom. The fraction of sp³-hybridized carbons (Fsp3) is 0.659. The maximum absolute atomic E-state index is 13.4. The summed E-state index contributed by atoms with van der Waals surface area (Å²) in [7, 11) is 0. The summed E-state index contributed by atoms with van der Waals surface area (Å²) in [5.41, 5.74) is 7.09. The summed E-state index contributed by atoms with van der Waals surface area (Å²) < 4.78 is 0. The standard InChI is InChI=1S/C41H60N4O4/c1-22(2)44-24(5)40(7,8)28-18-26-30(20-32(28)44)42-34(46)16-14-12-11-13-15-17-35(47)43-31-21-33-29(41(9,10)25(6)45(33)23(3)4)19-27(31)37-38(48)36(26)39(37)49/h18-25,36-39,48-49H,11-17H2,1-10H3,(H,42,46)(H,43,47). The van der Waals surface area contributed by atoms with Crippen LogP contribution in [0.3, 0.4) is 0 Å². The Bertz CT molecular complexity index is 1490. The van der Waals surface area contributed by atoms with Crippen LogP contribution in [0.2, 0.25) is 0 Å². The van der Waals surface area contributed by atoms with Crippen molar-refractivity contribution in [1.29, 1.82) is 0 Å². The molecule has 2 aromatic carbocycles. The van der Waals surface area contributed by atoms with Gasteiger partial charge in [-0.05, 0) is 88.8 Å². The van der Waals surface area contributed by atoms with E-state index in [0.29, 0.717) is 24.2 Å². The fourth-order valence-corrected chi connectivity index (χ4v) is 9.42. The molecule has 1 fully saturated rings. The monoisotopic (exact) mass is 672 g/mol. The van der Waals surface area contributed by atoms with Gasteiger partial charge in [0.05, 0.1) is 12.2 Å². The number of benzene rings is 2. The lowest BCUT2D eigenvalue weighted by molar-refractivity contribution is -0.117. The van der Waals surface area contributed by atoms with Crippen molar-refractivity contribution in [3.05, 3.63) is 46.5 Å². The first-order valence-corrected chi connectivity index (χ1v) is 18.9. The minimum Gasteiger partial charge on any atom is -0.392 e. The van der Waals surface area contributed by atoms with Crippen LogP contribution in [0.15, 0.2) is 24.3 Å². The van der Waals surface area contributed by atoms with Crippen LogP contribution in [0, 0.1) is 0 Å². The second-order valence-corrected chi connectivity index (χ2v) is 17.1. The van der Waals surface area contributed by atoms with E-state index in [1.165, 1.54) is 11.1 Å². The van der Waals surface area contributed by atoms with Crippen LogP contribution in [0.1, 0.15) is 148 Å². The lowest BCUT2D eigenvalue weighted by Crippen LogP contribution is -2.52. The second-order valence-electron chi connectivity index (χ2n) is 17.1. The van der Waals surface area contributed by atoms with E-state index in [1.54, 1.807) is 0 Å². The van der Waals surface area contributed by atoms with Crippen molar-refractivity contribution in [2.45, 2.75) is 173 Å². The van der Waals surface area contributed by atoms with Crippen molar-refractivity contribution in [3.63, 3.8) is 0 Å². The van der Waals surface area contributed by atoms with Crippen LogP contribution in [-0.2, 0) is 20.4 Å². The number of hydrogen-bond donors (Lipinski definition) is 4. The average Bonchev–Trinajstić information content (AvgIpc) is 3.33. The van der Waals surface area contributed by atoms with Gasteiger partial charge >= 0.3 is 0 Å². The van der Waals surface area contributed by atoms with Gasteiger partial charge in [-0.15, -0.1) is 0 Å². The molecule has 0 saturated heterocycles. The van der Waals surface area contributed by atoms with E-state index in [0.717, 1.165) is 54.6 Å². The predicted molar refractivity (Wildman–Crippen MR) is 200 cm³/mol. The number of carbonyl (C=O) groups is 2. The summed E-state index contributed by atoms with van der Waals surface area (Å²) in [6.07, 6.45) is 3.36. The molecule has 0 spiro atoms. The molecule has 2 unspecified atom stereocenters. The number of nitrogens with one attached hydrogen (secondary N) is 2. The molecule has 5 aliphatic rings. The molecule has 0 aromatic heterocycles. The van der Waals surface area contributed by atoms with Crippen LogP contribution in [0.5, 0.6) is 0 Å². The van der Waals surface area contributed by atoms with E-state index in [1.807, 2.05) is 0 Å². The van der Waals surface area contributed by atoms with E-state index >= 15 is 0 Å². The fourth-order valence-electron chi connectivity index (χ4n) is 9.42. The SMILES string of the molecule is CC(C)N1c2cc3c(cc2C(C)(C)C1C)C1C(O)C(c2cc4c(cc2NC(=O)CCCCCCCC(=O)N3)N(C(C)C)C(C)C4(C)C)C1O. The topological polar surface area (TPSA) is 105 Å². The van der Waals surface area contributed by atoms with Crippen LogP contribution >= 0.6 is 0 Å². The molecule has 4 aliphatic heterocycles. The molecule has 1 aliphatic carbocycles. The van der Waals surface area contributed by atoms with Gasteiger partial charge in [0, 0.05) is 82.4 Å². The van der Waals surface area contributed by atoms with Crippen molar-refractivity contribution in [2.24, 2.45) is 0 Å². The smallest absolute Gasteiger partial charge is 0.224 e. The summed E-state index contributed by atoms with van der Waals surface area (Å²) in [4.78, 5) is 31.6. The van der Waals surface area contributed by atoms with Crippen LogP contribution in [-0.4, -0.2) is 58.4 Å². The molecular formula is C41H60N4O4. The third-order valence-electron chi connectivity index (χ3n) is 12.9. The second kappa shape index (κ2) is 12.9. The number of anilines is 4. The molecule has 8 heteroatoms. The van der Waals surface area contributed by atoms with Crippen LogP contribution in [0.4, 0.5) is 22.7 Å². The molecule has 8 nitrogen and oxygen atoms in total. The first kappa shape index (κ1) is 35.7. The minimum absolute atomic E-state index is 0.0464. The Kier molecular flexibility index (Phi) is 9.40. The molecule has 1 saturated carbocycles. The van der Waals surface area contributed by atoms with Crippen molar-refractivity contribution in [2.75, 3.05) is 20.4 Å². The number of carbonyl (C=O) groups excluding carboxylic acids is 2. The van der Waals surface area contributed by atoms with Gasteiger partial charge < -0.3 is 30.6 Å². The Balaban J connectivity index is 1.48. The molecular weight excluding hydrogens is 612 g/mol. The summed E-state index contributed by atoms with van der Waals surface area (Å²) in [5, 5.41) is 30.8. The zero-order chi connectivity index (χ0) is 35.7. The molecule has 2 bridgehead atoms. The van der Waals surface area contributed by atoms with Gasteiger partial charge in [0.1, 0.15) is 0 Å². The average molecular weight is 673 g/mol. The quantitative estimate of drug-likeness (QED) is 0.261. The normalized spacial score (nSPS) is 29.7. The number of amides is 2. The van der Waals surface area contributed by atoms with Crippen molar-refractivity contribution in [1.82, 2.24) is 0 Å². The zero-order valence-electron chi connectivity index (χ0n) is 31.5. The first-order valence-electron chi connectivity index (χ1n) is 18.9. The van der Waals surface area contributed by atoms with Gasteiger partial charge in [-0.3, -0.25) is 9.59 Å². The van der Waals surface area contributed by atoms with E-state index < -0.39 is 24.0 Å². The summed E-state index contributed by atoms with van der Waals surface area (Å²) in [5.74, 6) is -1.29. The maximum Gasteiger partial charge on any atom is 0.224 e. The van der Waals surface area contributed by atoms with Crippen LogP contribution in [0.25, 0.3) is 0 Å². The highest BCUT2D eigenvalue weighted by molar-refractivity contribution is 5.94. The van der Waals surface area contributed by atoms with Gasteiger partial charge in [-0.25, -0.2) is 0 Å². The largest absolute Gasteiger partial charge is 0.392 e. The number of aliphatic hydroxyl groups is 2. The number of aliphatic hydroxyl groups excluding tert-OH is 2. The first-order chi connectivity index (χ1) is 23.0. The molecule has 2 amide bonds. The third-order valence-corrected chi connectivity index (χ3v) is 12.9. The lowest BCUT2D eigenvalue weighted by Gasteiger charge is -2.48. The molecule has 4 heterocycles. The van der Waals surface area contributed by atoms with Crippen molar-refractivity contribution < 1.29 is 19.8 Å². The Morgan fingerprint density at radius 2 is 0.980 bits per heavy atom. The van der Waals surface area contributed by atoms with E-state index in [2.05, 4.69) is 114 Å². The Morgan fingerprint density at radius 3 is 1.33 bits per heavy atom. The molecule has 4 N–H and O–H groups in total. The minimum atomic E-state index is -0.914. The van der Waals surface area contributed by atoms with Gasteiger partial charge in [-0.2, -0.15) is 0 Å². The van der Waals surface area contributed by atoms with Crippen molar-refractivity contribution >= 4 is 34.6 Å². The highest BCUT2D eigenvalue weighted by Gasteiger charge is 2.54.